The third-order valence-electron chi connectivity index (χ3n) is 4.30. The molecule has 0 fully saturated rings. The molecule has 0 amide bonds. The van der Waals surface area contributed by atoms with Crippen LogP contribution in [0.2, 0.25) is 0 Å². The highest BCUT2D eigenvalue weighted by Gasteiger charge is 2.33. The Morgan fingerprint density at radius 1 is 1.22 bits per heavy atom. The maximum absolute atomic E-state index is 12.4. The molecule has 0 radical (unpaired) electrons. The third kappa shape index (κ3) is 4.05. The summed E-state index contributed by atoms with van der Waals surface area (Å²) in [5, 5.41) is 15.6. The van der Waals surface area contributed by atoms with E-state index in [1.807, 2.05) is 42.6 Å². The van der Waals surface area contributed by atoms with Gasteiger partial charge in [0.2, 0.25) is 0 Å². The molecule has 0 saturated carbocycles. The lowest BCUT2D eigenvalue weighted by atomic mass is 9.85. The van der Waals surface area contributed by atoms with Crippen LogP contribution in [0.4, 0.5) is 0 Å². The van der Waals surface area contributed by atoms with Gasteiger partial charge >= 0.3 is 0 Å². The molecule has 1 N–H and O–H groups in total. The molecule has 136 valence electrons. The van der Waals surface area contributed by atoms with Crippen molar-refractivity contribution in [1.29, 1.82) is 5.26 Å². The first-order valence-corrected chi connectivity index (χ1v) is 10.3. The molecule has 6 heteroatoms. The summed E-state index contributed by atoms with van der Waals surface area (Å²) in [4.78, 5) is 25.6. The summed E-state index contributed by atoms with van der Waals surface area (Å²) >= 11 is 2.83. The molecule has 0 saturated heterocycles. The normalized spacial score (nSPS) is 16.7. The van der Waals surface area contributed by atoms with Gasteiger partial charge in [0.05, 0.1) is 28.3 Å². The summed E-state index contributed by atoms with van der Waals surface area (Å²) in [6.45, 7) is 3.36. The minimum absolute atomic E-state index is 0.00105. The quantitative estimate of drug-likeness (QED) is 0.722. The van der Waals surface area contributed by atoms with Gasteiger partial charge in [-0.25, -0.2) is 0 Å². The fourth-order valence-electron chi connectivity index (χ4n) is 3.08. The van der Waals surface area contributed by atoms with Crippen LogP contribution in [0.5, 0.6) is 0 Å². The van der Waals surface area contributed by atoms with Crippen LogP contribution in [0.25, 0.3) is 0 Å². The van der Waals surface area contributed by atoms with Crippen molar-refractivity contribution in [3.63, 3.8) is 0 Å². The van der Waals surface area contributed by atoms with E-state index in [1.54, 1.807) is 12.1 Å². The van der Waals surface area contributed by atoms with Gasteiger partial charge in [0.15, 0.2) is 11.6 Å². The summed E-state index contributed by atoms with van der Waals surface area (Å²) in [6, 6.07) is 15.2. The summed E-state index contributed by atoms with van der Waals surface area (Å²) in [5.74, 6) is -0.227. The molecule has 1 aromatic heterocycles. The lowest BCUT2D eigenvalue weighted by Gasteiger charge is -2.28. The molecule has 0 spiro atoms. The standard InChI is InChI=1S/C21H18N2O2S2/c1-13-19(14(2)24)20(18-9-6-10-26-18)16(11-22)21(23-13)27-12-17(25)15-7-4-3-5-8-15/h3-10,20,23H,12H2,1-2H3. The number of ketones is 2. The number of dihydropyridines is 1. The number of hydrogen-bond donors (Lipinski definition) is 1. The number of thioether (sulfide) groups is 1. The number of nitrogens with zero attached hydrogens (tertiary/aromatic N) is 1. The van der Waals surface area contributed by atoms with Crippen LogP contribution < -0.4 is 5.32 Å². The van der Waals surface area contributed by atoms with Crippen LogP contribution in [0, 0.1) is 11.3 Å². The zero-order valence-corrected chi connectivity index (χ0v) is 16.6. The topological polar surface area (TPSA) is 70.0 Å². The zero-order chi connectivity index (χ0) is 19.4. The second-order valence-corrected chi connectivity index (χ2v) is 8.07. The molecule has 27 heavy (non-hydrogen) atoms. The number of hydrogen-bond acceptors (Lipinski definition) is 6. The van der Waals surface area contributed by atoms with E-state index in [2.05, 4.69) is 11.4 Å². The molecule has 1 atom stereocenters. The first kappa shape index (κ1) is 19.2. The van der Waals surface area contributed by atoms with Gasteiger partial charge in [0.25, 0.3) is 0 Å². The highest BCUT2D eigenvalue weighted by molar-refractivity contribution is 8.03. The van der Waals surface area contributed by atoms with E-state index in [1.165, 1.54) is 30.0 Å². The highest BCUT2D eigenvalue weighted by Crippen LogP contribution is 2.42. The summed E-state index contributed by atoms with van der Waals surface area (Å²) < 4.78 is 0. The Labute approximate surface area is 166 Å². The minimum Gasteiger partial charge on any atom is -0.353 e. The minimum atomic E-state index is -0.386. The van der Waals surface area contributed by atoms with Crippen LogP contribution in [-0.4, -0.2) is 17.3 Å². The second kappa shape index (κ2) is 8.38. The number of nitriles is 1. The van der Waals surface area contributed by atoms with E-state index in [4.69, 9.17) is 0 Å². The predicted octanol–water partition coefficient (Wildman–Crippen LogP) is 4.65. The Morgan fingerprint density at radius 3 is 2.56 bits per heavy atom. The van der Waals surface area contributed by atoms with Gasteiger partial charge in [-0.3, -0.25) is 9.59 Å². The maximum Gasteiger partial charge on any atom is 0.173 e. The van der Waals surface area contributed by atoms with Gasteiger partial charge in [-0.1, -0.05) is 48.2 Å². The highest BCUT2D eigenvalue weighted by atomic mass is 32.2. The molecule has 1 aromatic carbocycles. The number of carbonyl (C=O) groups excluding carboxylic acids is 2. The summed E-state index contributed by atoms with van der Waals surface area (Å²) in [7, 11) is 0. The Hall–Kier alpha value is -2.62. The number of allylic oxidation sites excluding steroid dienone is 3. The number of Topliss-reactive ketones (excluding diaryl/α,β-unsaturated/α-hetero) is 2. The summed E-state index contributed by atoms with van der Waals surface area (Å²) in [5.41, 5.74) is 2.47. The van der Waals surface area contributed by atoms with Gasteiger partial charge in [-0.2, -0.15) is 5.26 Å². The van der Waals surface area contributed by atoms with Crippen molar-refractivity contribution in [2.45, 2.75) is 19.8 Å². The lowest BCUT2D eigenvalue weighted by molar-refractivity contribution is -0.113. The molecule has 1 aliphatic rings. The first-order valence-electron chi connectivity index (χ1n) is 8.40. The third-order valence-corrected chi connectivity index (χ3v) is 6.25. The Kier molecular flexibility index (Phi) is 5.94. The number of rotatable bonds is 6. The summed E-state index contributed by atoms with van der Waals surface area (Å²) in [6.07, 6.45) is 0. The largest absolute Gasteiger partial charge is 0.353 e. The molecule has 3 rings (SSSR count). The Bertz CT molecular complexity index is 967. The molecular formula is C21H18N2O2S2. The predicted molar refractivity (Wildman–Crippen MR) is 109 cm³/mol. The van der Waals surface area contributed by atoms with E-state index in [-0.39, 0.29) is 23.2 Å². The molecule has 2 aromatic rings. The average Bonchev–Trinajstić information content (AvgIpc) is 3.20. The van der Waals surface area contributed by atoms with E-state index in [0.29, 0.717) is 21.7 Å². The van der Waals surface area contributed by atoms with Crippen molar-refractivity contribution in [1.82, 2.24) is 5.32 Å². The van der Waals surface area contributed by atoms with E-state index >= 15 is 0 Å². The van der Waals surface area contributed by atoms with E-state index < -0.39 is 0 Å². The van der Waals surface area contributed by atoms with Gasteiger partial charge in [-0.05, 0) is 25.3 Å². The molecule has 1 aliphatic heterocycles. The Morgan fingerprint density at radius 2 is 1.96 bits per heavy atom. The van der Waals surface area contributed by atoms with Gasteiger partial charge in [-0.15, -0.1) is 11.3 Å². The molecular weight excluding hydrogens is 376 g/mol. The van der Waals surface area contributed by atoms with Crippen molar-refractivity contribution in [2.75, 3.05) is 5.75 Å². The van der Waals surface area contributed by atoms with E-state index in [0.717, 1.165) is 10.6 Å². The van der Waals surface area contributed by atoms with Crippen LogP contribution in [-0.2, 0) is 4.79 Å². The number of thiophene rings is 1. The van der Waals surface area contributed by atoms with Crippen molar-refractivity contribution in [3.05, 3.63) is 80.2 Å². The second-order valence-electron chi connectivity index (χ2n) is 6.10. The molecule has 2 heterocycles. The van der Waals surface area contributed by atoms with Crippen molar-refractivity contribution < 1.29 is 9.59 Å². The maximum atomic E-state index is 12.4. The van der Waals surface area contributed by atoms with Crippen LogP contribution >= 0.6 is 23.1 Å². The molecule has 0 aliphatic carbocycles. The molecule has 0 bridgehead atoms. The number of carbonyl (C=O) groups is 2. The van der Waals surface area contributed by atoms with Crippen molar-refractivity contribution >= 4 is 34.7 Å². The van der Waals surface area contributed by atoms with Gasteiger partial charge in [0.1, 0.15) is 0 Å². The monoisotopic (exact) mass is 394 g/mol. The van der Waals surface area contributed by atoms with Gasteiger partial charge in [0, 0.05) is 21.7 Å². The fraction of sp³-hybridized carbons (Fsp3) is 0.190. The smallest absolute Gasteiger partial charge is 0.173 e. The molecule has 4 nitrogen and oxygen atoms in total. The number of benzene rings is 1. The lowest BCUT2D eigenvalue weighted by Crippen LogP contribution is -2.27. The SMILES string of the molecule is CC(=O)C1=C(C)NC(SCC(=O)c2ccccc2)=C(C#N)C1c1cccs1. The van der Waals surface area contributed by atoms with Crippen LogP contribution in [0.1, 0.15) is 35.0 Å². The Balaban J connectivity index is 1.92. The fourth-order valence-corrected chi connectivity index (χ4v) is 4.91. The van der Waals surface area contributed by atoms with Crippen LogP contribution in [0.15, 0.2) is 69.7 Å². The first-order chi connectivity index (χ1) is 13.0. The van der Waals surface area contributed by atoms with E-state index in [9.17, 15) is 14.9 Å². The zero-order valence-electron chi connectivity index (χ0n) is 15.0. The van der Waals surface area contributed by atoms with Crippen LogP contribution in [0.3, 0.4) is 0 Å². The van der Waals surface area contributed by atoms with Gasteiger partial charge < -0.3 is 5.32 Å². The molecule has 1 unspecified atom stereocenters. The van der Waals surface area contributed by atoms with Crippen molar-refractivity contribution in [2.24, 2.45) is 0 Å². The average molecular weight is 395 g/mol. The number of nitrogens with one attached hydrogen (secondary N) is 1. The van der Waals surface area contributed by atoms with Crippen molar-refractivity contribution in [3.8, 4) is 6.07 Å².